The molecule has 0 radical (unpaired) electrons. The maximum Gasteiger partial charge on any atom is 0.307 e. The molecule has 2 atom stereocenters. The Morgan fingerprint density at radius 1 is 0.897 bits per heavy atom. The molecular formula is C22H27NO5S. The number of benzene rings is 2. The second kappa shape index (κ2) is 10.8. The highest BCUT2D eigenvalue weighted by atomic mass is 32.2. The van der Waals surface area contributed by atoms with Crippen LogP contribution in [0.3, 0.4) is 0 Å². The summed E-state index contributed by atoms with van der Waals surface area (Å²) in [6.07, 6.45) is 1.11. The lowest BCUT2D eigenvalue weighted by Gasteiger charge is -2.18. The number of rotatable bonds is 11. The summed E-state index contributed by atoms with van der Waals surface area (Å²) in [6, 6.07) is 19.2. The Labute approximate surface area is 171 Å². The van der Waals surface area contributed by atoms with Gasteiger partial charge in [0.25, 0.3) is 0 Å². The Morgan fingerprint density at radius 3 is 1.97 bits per heavy atom. The van der Waals surface area contributed by atoms with E-state index in [4.69, 9.17) is 10.2 Å². The van der Waals surface area contributed by atoms with Crippen molar-refractivity contribution in [1.82, 2.24) is 0 Å². The molecule has 0 bridgehead atoms. The second-order valence-electron chi connectivity index (χ2n) is 7.05. The van der Waals surface area contributed by atoms with Gasteiger partial charge in [-0.3, -0.25) is 18.9 Å². The lowest BCUT2D eigenvalue weighted by molar-refractivity contribution is -0.142. The third kappa shape index (κ3) is 7.71. The molecule has 0 aliphatic rings. The number of hydrogen-bond acceptors (Lipinski definition) is 3. The van der Waals surface area contributed by atoms with Gasteiger partial charge in [-0.05, 0) is 30.4 Å². The maximum atomic E-state index is 13.4. The first-order valence-corrected chi connectivity index (χ1v) is 11.2. The number of carbonyl (C=O) groups is 2. The minimum atomic E-state index is -3.09. The molecule has 2 aromatic carbocycles. The molecule has 4 N–H and O–H groups in total. The van der Waals surface area contributed by atoms with Crippen molar-refractivity contribution in [1.29, 1.82) is 0 Å². The Balaban J connectivity index is 2.30. The average Bonchev–Trinajstić information content (AvgIpc) is 2.69. The lowest BCUT2D eigenvalue weighted by atomic mass is 10.0. The van der Waals surface area contributed by atoms with Gasteiger partial charge in [0.2, 0.25) is 0 Å². The van der Waals surface area contributed by atoms with Crippen molar-refractivity contribution in [3.05, 3.63) is 71.8 Å². The molecule has 0 aliphatic carbocycles. The summed E-state index contributed by atoms with van der Waals surface area (Å²) in [5.41, 5.74) is 2.03. The van der Waals surface area contributed by atoms with Gasteiger partial charge < -0.3 is 10.2 Å². The van der Waals surface area contributed by atoms with E-state index in [9.17, 15) is 18.9 Å². The number of aryl methyl sites for hydroxylation is 1. The SMILES string of the molecule is NS(=O)(CC(CCC(=O)O)C(=O)O)=C(CCc1ccccc1)Cc1ccccc1. The van der Waals surface area contributed by atoms with Gasteiger partial charge >= 0.3 is 11.9 Å². The van der Waals surface area contributed by atoms with Gasteiger partial charge in [0.15, 0.2) is 0 Å². The molecule has 0 saturated carbocycles. The third-order valence-electron chi connectivity index (χ3n) is 4.77. The molecule has 0 heterocycles. The minimum Gasteiger partial charge on any atom is -0.481 e. The molecule has 0 amide bonds. The van der Waals surface area contributed by atoms with E-state index in [-0.39, 0.29) is 18.6 Å². The molecule has 0 aromatic heterocycles. The fourth-order valence-electron chi connectivity index (χ4n) is 3.13. The van der Waals surface area contributed by atoms with E-state index in [1.807, 2.05) is 60.7 Å². The van der Waals surface area contributed by atoms with Crippen LogP contribution in [0.25, 0.3) is 0 Å². The molecule has 0 fully saturated rings. The van der Waals surface area contributed by atoms with Crippen LogP contribution < -0.4 is 5.14 Å². The topological polar surface area (TPSA) is 118 Å². The summed E-state index contributed by atoms with van der Waals surface area (Å²) in [6.45, 7) is 0. The second-order valence-corrected chi connectivity index (χ2v) is 9.41. The van der Waals surface area contributed by atoms with Crippen molar-refractivity contribution in [3.63, 3.8) is 0 Å². The summed E-state index contributed by atoms with van der Waals surface area (Å²) < 4.78 is 13.4. The largest absolute Gasteiger partial charge is 0.481 e. The predicted molar refractivity (Wildman–Crippen MR) is 115 cm³/mol. The molecule has 7 heteroatoms. The first-order chi connectivity index (χ1) is 13.8. The van der Waals surface area contributed by atoms with E-state index in [2.05, 4.69) is 0 Å². The molecule has 6 nitrogen and oxygen atoms in total. The normalized spacial score (nSPS) is 14.0. The quantitative estimate of drug-likeness (QED) is 0.486. The Hall–Kier alpha value is -2.64. The summed E-state index contributed by atoms with van der Waals surface area (Å²) in [4.78, 5) is 23.0. The molecule has 2 rings (SSSR count). The van der Waals surface area contributed by atoms with Crippen LogP contribution in [-0.2, 0) is 32.1 Å². The first kappa shape index (κ1) is 22.6. The van der Waals surface area contributed by atoms with Gasteiger partial charge in [0, 0.05) is 33.2 Å². The van der Waals surface area contributed by atoms with Gasteiger partial charge in [-0.2, -0.15) is 0 Å². The van der Waals surface area contributed by atoms with E-state index in [0.29, 0.717) is 24.1 Å². The van der Waals surface area contributed by atoms with Crippen LogP contribution in [0, 0.1) is 5.92 Å². The van der Waals surface area contributed by atoms with Crippen molar-refractivity contribution >= 4 is 26.5 Å². The molecule has 0 aliphatic heterocycles. The minimum absolute atomic E-state index is 0.101. The van der Waals surface area contributed by atoms with Gasteiger partial charge in [-0.15, -0.1) is 0 Å². The standard InChI is InChI=1S/C22H27NO5S/c23-29(28,16-19(22(26)27)12-14-21(24)25)20(15-18-9-5-2-6-10-18)13-11-17-7-3-1-4-8-17/h1-10,19H,11-16H2,(H2,23,28)(H,24,25)(H,26,27). The van der Waals surface area contributed by atoms with E-state index < -0.39 is 27.6 Å². The van der Waals surface area contributed by atoms with Crippen molar-refractivity contribution in [2.24, 2.45) is 11.1 Å². The third-order valence-corrected chi connectivity index (χ3v) is 7.00. The fourth-order valence-corrected chi connectivity index (χ4v) is 5.13. The molecule has 2 aromatic rings. The fraction of sp³-hybridized carbons (Fsp3) is 0.318. The van der Waals surface area contributed by atoms with Gasteiger partial charge in [-0.1, -0.05) is 60.7 Å². The van der Waals surface area contributed by atoms with Crippen molar-refractivity contribution in [2.45, 2.75) is 32.1 Å². The van der Waals surface area contributed by atoms with Crippen LogP contribution in [-0.4, -0.2) is 37.0 Å². The number of carboxylic acids is 2. The van der Waals surface area contributed by atoms with Crippen LogP contribution >= 0.6 is 0 Å². The van der Waals surface area contributed by atoms with E-state index in [0.717, 1.165) is 11.1 Å². The molecule has 0 spiro atoms. The number of nitrogens with two attached hydrogens (primary N) is 1. The number of aliphatic carboxylic acids is 2. The molecule has 156 valence electrons. The smallest absolute Gasteiger partial charge is 0.307 e. The van der Waals surface area contributed by atoms with Crippen LogP contribution in [0.1, 0.15) is 30.4 Å². The Morgan fingerprint density at radius 2 is 1.45 bits per heavy atom. The van der Waals surface area contributed by atoms with E-state index in [1.165, 1.54) is 0 Å². The zero-order valence-corrected chi connectivity index (χ0v) is 17.0. The molecule has 29 heavy (non-hydrogen) atoms. The summed E-state index contributed by atoms with van der Waals surface area (Å²) >= 11 is 0. The van der Waals surface area contributed by atoms with Gasteiger partial charge in [-0.25, -0.2) is 0 Å². The highest BCUT2D eigenvalue weighted by molar-refractivity contribution is 8.00. The maximum absolute atomic E-state index is 13.4. The number of hydrogen-bond donors (Lipinski definition) is 3. The summed E-state index contributed by atoms with van der Waals surface area (Å²) in [5, 5.41) is 24.5. The molecular weight excluding hydrogens is 390 g/mol. The zero-order chi connectivity index (χ0) is 21.3. The van der Waals surface area contributed by atoms with Crippen LogP contribution in [0.15, 0.2) is 60.7 Å². The highest BCUT2D eigenvalue weighted by Crippen LogP contribution is 2.15. The zero-order valence-electron chi connectivity index (χ0n) is 16.2. The molecule has 0 saturated heterocycles. The van der Waals surface area contributed by atoms with E-state index >= 15 is 0 Å². The number of carboxylic acid groups (broad SMARTS) is 2. The summed E-state index contributed by atoms with van der Waals surface area (Å²) in [5.74, 6) is -3.58. The lowest BCUT2D eigenvalue weighted by Crippen LogP contribution is -2.34. The monoisotopic (exact) mass is 417 g/mol. The van der Waals surface area contributed by atoms with Crippen molar-refractivity contribution in [3.8, 4) is 0 Å². The van der Waals surface area contributed by atoms with E-state index in [1.54, 1.807) is 0 Å². The van der Waals surface area contributed by atoms with Crippen LogP contribution in [0.5, 0.6) is 0 Å². The van der Waals surface area contributed by atoms with Crippen molar-refractivity contribution in [2.75, 3.05) is 5.75 Å². The Bertz CT molecular complexity index is 934. The van der Waals surface area contributed by atoms with Gasteiger partial charge in [0.1, 0.15) is 0 Å². The Kier molecular flexibility index (Phi) is 8.42. The first-order valence-electron chi connectivity index (χ1n) is 9.44. The highest BCUT2D eigenvalue weighted by Gasteiger charge is 2.24. The molecule has 2 unspecified atom stereocenters. The van der Waals surface area contributed by atoms with Crippen LogP contribution in [0.4, 0.5) is 0 Å². The van der Waals surface area contributed by atoms with Crippen LogP contribution in [0.2, 0.25) is 0 Å². The van der Waals surface area contributed by atoms with Crippen molar-refractivity contribution < 1.29 is 24.0 Å². The average molecular weight is 418 g/mol. The van der Waals surface area contributed by atoms with Gasteiger partial charge in [0.05, 0.1) is 5.92 Å². The summed E-state index contributed by atoms with van der Waals surface area (Å²) in [7, 11) is -3.09. The predicted octanol–water partition coefficient (Wildman–Crippen LogP) is 2.76.